The molecular weight excluding hydrogens is 464 g/mol. The predicted molar refractivity (Wildman–Crippen MR) is 144 cm³/mol. The number of imidazole rings is 1. The lowest BCUT2D eigenvalue weighted by Gasteiger charge is -2.17. The van der Waals surface area contributed by atoms with E-state index in [2.05, 4.69) is 35.5 Å². The number of aromatic amines is 2. The highest BCUT2D eigenvalue weighted by Gasteiger charge is 2.21. The van der Waals surface area contributed by atoms with Crippen LogP contribution in [0.15, 0.2) is 73.3 Å². The molecule has 37 heavy (non-hydrogen) atoms. The van der Waals surface area contributed by atoms with E-state index in [4.69, 9.17) is 4.98 Å². The van der Waals surface area contributed by atoms with Crippen LogP contribution in [0.1, 0.15) is 20.8 Å². The molecule has 3 N–H and O–H groups in total. The number of nitrogens with zero attached hydrogens (tertiary/aromatic N) is 5. The van der Waals surface area contributed by atoms with Gasteiger partial charge in [-0.2, -0.15) is 5.10 Å². The molecule has 0 fully saturated rings. The van der Waals surface area contributed by atoms with Gasteiger partial charge in [-0.25, -0.2) is 4.98 Å². The second-order valence-corrected chi connectivity index (χ2v) is 9.86. The van der Waals surface area contributed by atoms with Gasteiger partial charge >= 0.3 is 0 Å². The number of hydrogen-bond donors (Lipinski definition) is 3. The fourth-order valence-corrected chi connectivity index (χ4v) is 4.10. The first-order chi connectivity index (χ1) is 17.9. The summed E-state index contributed by atoms with van der Waals surface area (Å²) >= 11 is 0. The van der Waals surface area contributed by atoms with E-state index in [-0.39, 0.29) is 5.91 Å². The molecule has 9 nitrogen and oxygen atoms in total. The van der Waals surface area contributed by atoms with Gasteiger partial charge in [0.2, 0.25) is 5.91 Å². The molecule has 5 aromatic heterocycles. The quantitative estimate of drug-likeness (QED) is 0.296. The Labute approximate surface area is 212 Å². The topological polar surface area (TPSA) is 125 Å². The van der Waals surface area contributed by atoms with E-state index in [9.17, 15) is 4.79 Å². The average Bonchev–Trinajstić information content (AvgIpc) is 3.52. The Morgan fingerprint density at radius 3 is 2.59 bits per heavy atom. The minimum Gasteiger partial charge on any atom is -0.336 e. The molecule has 1 amide bonds. The number of H-pyrrole nitrogens is 2. The molecule has 0 atom stereocenters. The summed E-state index contributed by atoms with van der Waals surface area (Å²) in [5.74, 6) is 0.566. The minimum absolute atomic E-state index is 0.0662. The van der Waals surface area contributed by atoms with Crippen LogP contribution in [0.25, 0.3) is 56.0 Å². The van der Waals surface area contributed by atoms with Crippen LogP contribution in [0.2, 0.25) is 0 Å². The lowest BCUT2D eigenvalue weighted by molar-refractivity contribution is -0.123. The molecule has 0 spiro atoms. The number of pyridine rings is 3. The zero-order valence-electron chi connectivity index (χ0n) is 20.6. The molecule has 0 saturated carbocycles. The molecule has 0 unspecified atom stereocenters. The van der Waals surface area contributed by atoms with Gasteiger partial charge in [0.25, 0.3) is 0 Å². The monoisotopic (exact) mass is 488 g/mol. The van der Waals surface area contributed by atoms with E-state index >= 15 is 0 Å². The normalized spacial score (nSPS) is 11.8. The van der Waals surface area contributed by atoms with Crippen LogP contribution in [-0.2, 0) is 4.79 Å². The van der Waals surface area contributed by atoms with Crippen molar-refractivity contribution in [1.82, 2.24) is 35.1 Å². The van der Waals surface area contributed by atoms with Gasteiger partial charge in [0.05, 0.1) is 28.6 Å². The van der Waals surface area contributed by atoms with Crippen LogP contribution in [0.3, 0.4) is 0 Å². The summed E-state index contributed by atoms with van der Waals surface area (Å²) in [5.41, 5.74) is 6.61. The molecule has 0 aliphatic heterocycles. The molecule has 1 aromatic carbocycles. The summed E-state index contributed by atoms with van der Waals surface area (Å²) in [6.07, 6.45) is 6.91. The summed E-state index contributed by atoms with van der Waals surface area (Å²) in [6, 6.07) is 15.5. The van der Waals surface area contributed by atoms with Crippen molar-refractivity contribution in [3.8, 4) is 34.0 Å². The van der Waals surface area contributed by atoms with Crippen molar-refractivity contribution in [2.24, 2.45) is 5.41 Å². The zero-order valence-corrected chi connectivity index (χ0v) is 20.6. The third-order valence-electron chi connectivity index (χ3n) is 6.11. The number of carbonyl (C=O) groups is 1. The highest BCUT2D eigenvalue weighted by molar-refractivity contribution is 5.98. The van der Waals surface area contributed by atoms with Crippen LogP contribution in [0.5, 0.6) is 0 Å². The summed E-state index contributed by atoms with van der Waals surface area (Å²) < 4.78 is 0. The highest BCUT2D eigenvalue weighted by atomic mass is 16.2. The zero-order chi connectivity index (χ0) is 25.6. The molecule has 0 saturated heterocycles. The van der Waals surface area contributed by atoms with Gasteiger partial charge < -0.3 is 10.3 Å². The molecule has 5 heterocycles. The number of anilines is 1. The third-order valence-corrected chi connectivity index (χ3v) is 6.11. The molecular formula is C28H24N8O. The van der Waals surface area contributed by atoms with Gasteiger partial charge in [-0.3, -0.25) is 24.8 Å². The first kappa shape index (κ1) is 22.5. The number of amides is 1. The fraction of sp³-hybridized carbons (Fsp3) is 0.143. The Hall–Kier alpha value is -4.92. The number of aromatic nitrogens is 7. The van der Waals surface area contributed by atoms with E-state index in [1.807, 2.05) is 69.3 Å². The predicted octanol–water partition coefficient (Wildman–Crippen LogP) is 5.61. The molecule has 0 bridgehead atoms. The molecule has 0 aliphatic rings. The Kier molecular flexibility index (Phi) is 5.26. The van der Waals surface area contributed by atoms with Crippen LogP contribution in [0, 0.1) is 5.41 Å². The van der Waals surface area contributed by atoms with E-state index in [1.165, 1.54) is 0 Å². The van der Waals surface area contributed by atoms with Gasteiger partial charge in [-0.05, 0) is 42.0 Å². The second kappa shape index (κ2) is 8.63. The third kappa shape index (κ3) is 4.20. The van der Waals surface area contributed by atoms with E-state index in [1.54, 1.807) is 24.8 Å². The van der Waals surface area contributed by atoms with Gasteiger partial charge in [-0.15, -0.1) is 0 Å². The molecule has 182 valence electrons. The number of nitrogens with one attached hydrogen (secondary N) is 3. The van der Waals surface area contributed by atoms with Gasteiger partial charge in [0, 0.05) is 35.0 Å². The number of fused-ring (bicyclic) bond motifs is 2. The minimum atomic E-state index is -0.501. The van der Waals surface area contributed by atoms with Crippen LogP contribution in [0.4, 0.5) is 5.69 Å². The Bertz CT molecular complexity index is 1760. The number of carbonyl (C=O) groups excluding carboxylic acids is 1. The SMILES string of the molecule is CC(C)(C)C(=O)Nc1cncc(-c2ccc3[nH]nc(-c4nc5c(-c6ccccn6)nccc5[nH]4)c3c2)c1. The Morgan fingerprint density at radius 2 is 1.78 bits per heavy atom. The average molecular weight is 489 g/mol. The Balaban J connectivity index is 1.40. The van der Waals surface area contributed by atoms with Gasteiger partial charge in [0.1, 0.15) is 16.9 Å². The second-order valence-electron chi connectivity index (χ2n) is 9.86. The number of hydrogen-bond acceptors (Lipinski definition) is 6. The lowest BCUT2D eigenvalue weighted by atomic mass is 9.95. The van der Waals surface area contributed by atoms with E-state index in [0.29, 0.717) is 22.9 Å². The van der Waals surface area contributed by atoms with Crippen molar-refractivity contribution in [2.75, 3.05) is 5.32 Å². The number of rotatable bonds is 4. The van der Waals surface area contributed by atoms with E-state index in [0.717, 1.165) is 38.8 Å². The highest BCUT2D eigenvalue weighted by Crippen LogP contribution is 2.32. The molecule has 6 rings (SSSR count). The molecule has 9 heteroatoms. The van der Waals surface area contributed by atoms with Crippen molar-refractivity contribution in [3.05, 3.63) is 73.3 Å². The maximum absolute atomic E-state index is 12.4. The van der Waals surface area contributed by atoms with Crippen molar-refractivity contribution in [3.63, 3.8) is 0 Å². The lowest BCUT2D eigenvalue weighted by Crippen LogP contribution is -2.27. The maximum Gasteiger partial charge on any atom is 0.229 e. The summed E-state index contributed by atoms with van der Waals surface area (Å²) in [6.45, 7) is 5.63. The first-order valence-corrected chi connectivity index (χ1v) is 11.9. The van der Waals surface area contributed by atoms with Crippen LogP contribution < -0.4 is 5.32 Å². The van der Waals surface area contributed by atoms with Crippen molar-refractivity contribution in [1.29, 1.82) is 0 Å². The summed E-state index contributed by atoms with van der Waals surface area (Å²) in [5, 5.41) is 11.5. The maximum atomic E-state index is 12.4. The smallest absolute Gasteiger partial charge is 0.229 e. The Morgan fingerprint density at radius 1 is 0.892 bits per heavy atom. The molecule has 0 aliphatic carbocycles. The van der Waals surface area contributed by atoms with Crippen LogP contribution >= 0.6 is 0 Å². The van der Waals surface area contributed by atoms with E-state index < -0.39 is 5.41 Å². The van der Waals surface area contributed by atoms with Crippen molar-refractivity contribution >= 4 is 33.5 Å². The van der Waals surface area contributed by atoms with Gasteiger partial charge in [0.15, 0.2) is 5.82 Å². The number of benzene rings is 1. The van der Waals surface area contributed by atoms with Crippen molar-refractivity contribution in [2.45, 2.75) is 20.8 Å². The summed E-state index contributed by atoms with van der Waals surface area (Å²) in [7, 11) is 0. The standard InChI is InChI=1S/C28H24N8O/c1-28(2,3)27(37)32-18-12-17(14-29-15-18)16-7-8-20-19(13-16)23(36-35-20)26-33-22-9-11-31-24(25(22)34-26)21-6-4-5-10-30-21/h4-15H,1-3H3,(H,32,37)(H,33,34)(H,35,36). The first-order valence-electron chi connectivity index (χ1n) is 11.9. The molecule has 0 radical (unpaired) electrons. The summed E-state index contributed by atoms with van der Waals surface area (Å²) in [4.78, 5) is 34.0. The van der Waals surface area contributed by atoms with Gasteiger partial charge in [-0.1, -0.05) is 32.9 Å². The van der Waals surface area contributed by atoms with Crippen molar-refractivity contribution < 1.29 is 4.79 Å². The fourth-order valence-electron chi connectivity index (χ4n) is 4.10. The van der Waals surface area contributed by atoms with Crippen LogP contribution in [-0.4, -0.2) is 41.0 Å². The molecule has 6 aromatic rings. The largest absolute Gasteiger partial charge is 0.336 e.